The second-order valence-electron chi connectivity index (χ2n) is 6.94. The van der Waals surface area contributed by atoms with Crippen LogP contribution in [0.25, 0.3) is 10.9 Å². The van der Waals surface area contributed by atoms with Gasteiger partial charge >= 0.3 is 12.1 Å². The zero-order valence-electron chi connectivity index (χ0n) is 13.6. The van der Waals surface area contributed by atoms with Gasteiger partial charge in [-0.3, -0.25) is 0 Å². The zero-order chi connectivity index (χ0) is 17.6. The molecular formula is C18H19F3N2O2. The predicted molar refractivity (Wildman–Crippen MR) is 86.4 cm³/mol. The molecule has 2 aliphatic rings. The van der Waals surface area contributed by atoms with Gasteiger partial charge in [0, 0.05) is 29.2 Å². The van der Waals surface area contributed by atoms with Gasteiger partial charge in [0.15, 0.2) is 0 Å². The van der Waals surface area contributed by atoms with Crippen LogP contribution in [0.5, 0.6) is 0 Å². The lowest BCUT2D eigenvalue weighted by molar-refractivity contribution is -0.139. The number of fused-ring (bicyclic) bond motifs is 3. The van der Waals surface area contributed by atoms with Crippen LogP contribution in [0.15, 0.2) is 30.5 Å². The minimum absolute atomic E-state index is 0.170. The molecule has 1 N–H and O–H groups in total. The van der Waals surface area contributed by atoms with E-state index in [1.165, 1.54) is 6.20 Å². The van der Waals surface area contributed by atoms with Crippen molar-refractivity contribution in [2.75, 3.05) is 0 Å². The van der Waals surface area contributed by atoms with Gasteiger partial charge in [-0.15, -0.1) is 0 Å². The van der Waals surface area contributed by atoms with Crippen molar-refractivity contribution in [3.05, 3.63) is 36.0 Å². The van der Waals surface area contributed by atoms with Crippen LogP contribution in [0, 0.1) is 0 Å². The summed E-state index contributed by atoms with van der Waals surface area (Å²) in [6, 6.07) is 7.37. The fourth-order valence-electron chi connectivity index (χ4n) is 4.05. The van der Waals surface area contributed by atoms with Crippen LogP contribution in [-0.4, -0.2) is 34.9 Å². The summed E-state index contributed by atoms with van der Waals surface area (Å²) in [4.78, 5) is 12.6. The van der Waals surface area contributed by atoms with Gasteiger partial charge in [-0.2, -0.15) is 13.2 Å². The summed E-state index contributed by atoms with van der Waals surface area (Å²) in [5.74, 6) is -0.538. The van der Waals surface area contributed by atoms with E-state index in [4.69, 9.17) is 4.74 Å². The van der Waals surface area contributed by atoms with Crippen LogP contribution in [0.2, 0.25) is 0 Å². The number of para-hydroxylation sites is 1. The van der Waals surface area contributed by atoms with Crippen molar-refractivity contribution in [1.29, 1.82) is 0 Å². The molecule has 1 aromatic carbocycles. The number of hydrogen-bond donors (Lipinski definition) is 1. The number of alkyl halides is 3. The molecule has 2 aliphatic heterocycles. The average Bonchev–Trinajstić information content (AvgIpc) is 3.07. The molecule has 0 unspecified atom stereocenters. The van der Waals surface area contributed by atoms with Gasteiger partial charge in [0.1, 0.15) is 12.6 Å². The molecule has 0 aliphatic carbocycles. The van der Waals surface area contributed by atoms with Gasteiger partial charge in [-0.1, -0.05) is 18.2 Å². The van der Waals surface area contributed by atoms with Crippen molar-refractivity contribution in [2.45, 2.75) is 56.6 Å². The second kappa shape index (κ2) is 6.05. The number of piperidine rings is 1. The zero-order valence-corrected chi connectivity index (χ0v) is 13.6. The van der Waals surface area contributed by atoms with Crippen molar-refractivity contribution >= 4 is 16.9 Å². The second-order valence-corrected chi connectivity index (χ2v) is 6.94. The summed E-state index contributed by atoms with van der Waals surface area (Å²) in [6.45, 7) is -1.13. The highest BCUT2D eigenvalue weighted by atomic mass is 19.4. The molecule has 0 amide bonds. The quantitative estimate of drug-likeness (QED) is 0.858. The number of rotatable bonds is 3. The lowest BCUT2D eigenvalue weighted by atomic mass is 10.0. The molecule has 3 atom stereocenters. The summed E-state index contributed by atoms with van der Waals surface area (Å²) in [7, 11) is 0. The fraction of sp³-hybridized carbons (Fsp3) is 0.500. The summed E-state index contributed by atoms with van der Waals surface area (Å²) >= 11 is 0. The smallest absolute Gasteiger partial charge is 0.406 e. The van der Waals surface area contributed by atoms with Gasteiger partial charge in [-0.05, 0) is 31.7 Å². The van der Waals surface area contributed by atoms with Crippen LogP contribution in [-0.2, 0) is 11.3 Å². The van der Waals surface area contributed by atoms with E-state index in [0.717, 1.165) is 30.3 Å². The SMILES string of the molecule is O=C(O[C@H]1C[C@H]2CC[C@@H](C1)N2)c1cn(CC(F)(F)F)c2ccccc12. The third kappa shape index (κ3) is 3.38. The maximum Gasteiger partial charge on any atom is 0.406 e. The Hall–Kier alpha value is -2.02. The van der Waals surface area contributed by atoms with Crippen LogP contribution >= 0.6 is 0 Å². The Morgan fingerprint density at radius 2 is 1.88 bits per heavy atom. The number of benzene rings is 1. The highest BCUT2D eigenvalue weighted by molar-refractivity contribution is 6.04. The van der Waals surface area contributed by atoms with E-state index < -0.39 is 18.7 Å². The number of carbonyl (C=O) groups is 1. The molecule has 2 saturated heterocycles. The van der Waals surface area contributed by atoms with Crippen molar-refractivity contribution in [3.63, 3.8) is 0 Å². The van der Waals surface area contributed by atoms with Crippen LogP contribution in [0.4, 0.5) is 13.2 Å². The first-order chi connectivity index (χ1) is 11.9. The molecule has 2 aromatic rings. The monoisotopic (exact) mass is 352 g/mol. The summed E-state index contributed by atoms with van der Waals surface area (Å²) in [5.41, 5.74) is 0.586. The summed E-state index contributed by atoms with van der Waals surface area (Å²) in [5, 5.41) is 3.97. The molecule has 0 saturated carbocycles. The number of carbonyl (C=O) groups excluding carboxylic acids is 1. The van der Waals surface area contributed by atoms with Crippen LogP contribution in [0.3, 0.4) is 0 Å². The van der Waals surface area contributed by atoms with Crippen molar-refractivity contribution in [1.82, 2.24) is 9.88 Å². The first-order valence-electron chi connectivity index (χ1n) is 8.51. The first-order valence-corrected chi connectivity index (χ1v) is 8.51. The molecule has 7 heteroatoms. The van der Waals surface area contributed by atoms with Crippen molar-refractivity contribution in [2.24, 2.45) is 0 Å². The number of nitrogens with zero attached hydrogens (tertiary/aromatic N) is 1. The molecule has 2 fully saturated rings. The van der Waals surface area contributed by atoms with Crippen LogP contribution < -0.4 is 5.32 Å². The predicted octanol–water partition coefficient (Wildman–Crippen LogP) is 3.64. The molecule has 0 radical (unpaired) electrons. The first kappa shape index (κ1) is 16.4. The molecule has 4 nitrogen and oxygen atoms in total. The maximum absolute atomic E-state index is 12.8. The van der Waals surface area contributed by atoms with Gasteiger partial charge in [-0.25, -0.2) is 4.79 Å². The maximum atomic E-state index is 12.8. The highest BCUT2D eigenvalue weighted by Gasteiger charge is 2.36. The largest absolute Gasteiger partial charge is 0.459 e. The van der Waals surface area contributed by atoms with Crippen molar-refractivity contribution < 1.29 is 22.7 Å². The van der Waals surface area contributed by atoms with Gasteiger partial charge < -0.3 is 14.6 Å². The van der Waals surface area contributed by atoms with E-state index in [1.807, 2.05) is 0 Å². The normalized spacial score (nSPS) is 26.1. The van der Waals surface area contributed by atoms with E-state index in [2.05, 4.69) is 5.32 Å². The van der Waals surface area contributed by atoms with E-state index in [0.29, 0.717) is 23.0 Å². The number of nitrogens with one attached hydrogen (secondary N) is 1. The fourth-order valence-corrected chi connectivity index (χ4v) is 4.05. The Balaban J connectivity index is 1.59. The third-order valence-electron chi connectivity index (χ3n) is 5.06. The van der Waals surface area contributed by atoms with E-state index >= 15 is 0 Å². The minimum Gasteiger partial charge on any atom is -0.459 e. The van der Waals surface area contributed by atoms with Gasteiger partial charge in [0.25, 0.3) is 0 Å². The summed E-state index contributed by atoms with van der Waals surface area (Å²) in [6.07, 6.45) is 0.448. The highest BCUT2D eigenvalue weighted by Crippen LogP contribution is 2.31. The Labute approximate surface area is 142 Å². The van der Waals surface area contributed by atoms with E-state index in [9.17, 15) is 18.0 Å². The van der Waals surface area contributed by atoms with Gasteiger partial charge in [0.05, 0.1) is 5.56 Å². The molecule has 2 bridgehead atoms. The molecule has 1 aromatic heterocycles. The standard InChI is InChI=1S/C18H19F3N2O2/c19-18(20,21)10-23-9-15(14-3-1-2-4-16(14)23)17(24)25-13-7-11-5-6-12(8-13)22-11/h1-4,9,11-13,22H,5-8,10H2/t11-,12+,13+. The Bertz CT molecular complexity index is 787. The number of halogens is 3. The van der Waals surface area contributed by atoms with Crippen LogP contribution in [0.1, 0.15) is 36.0 Å². The van der Waals surface area contributed by atoms with Gasteiger partial charge in [0.2, 0.25) is 0 Å². The molecule has 3 heterocycles. The Kier molecular flexibility index (Phi) is 3.98. The van der Waals surface area contributed by atoms with E-state index in [1.54, 1.807) is 24.3 Å². The molecule has 0 spiro atoms. The molecular weight excluding hydrogens is 333 g/mol. The number of esters is 1. The number of ether oxygens (including phenoxy) is 1. The average molecular weight is 352 g/mol. The molecule has 25 heavy (non-hydrogen) atoms. The van der Waals surface area contributed by atoms with E-state index in [-0.39, 0.29) is 11.7 Å². The Morgan fingerprint density at radius 1 is 1.20 bits per heavy atom. The lowest BCUT2D eigenvalue weighted by Gasteiger charge is -2.28. The Morgan fingerprint density at radius 3 is 2.56 bits per heavy atom. The molecule has 134 valence electrons. The minimum atomic E-state index is -4.35. The summed E-state index contributed by atoms with van der Waals surface area (Å²) < 4.78 is 45.1. The molecule has 4 rings (SSSR count). The third-order valence-corrected chi connectivity index (χ3v) is 5.06. The lowest BCUT2D eigenvalue weighted by Crippen LogP contribution is -2.42. The number of aromatic nitrogens is 1. The topological polar surface area (TPSA) is 43.3 Å². The number of hydrogen-bond acceptors (Lipinski definition) is 3. The van der Waals surface area contributed by atoms with Crippen molar-refractivity contribution in [3.8, 4) is 0 Å².